The number of benzene rings is 1. The van der Waals surface area contributed by atoms with Crippen LogP contribution in [-0.2, 0) is 14.6 Å². The fourth-order valence-corrected chi connectivity index (χ4v) is 5.22. The zero-order chi connectivity index (χ0) is 13.6. The maximum absolute atomic E-state index is 12.4. The molecule has 0 saturated heterocycles. The van der Waals surface area contributed by atoms with Gasteiger partial charge in [0.05, 0.1) is 10.6 Å². The number of carbonyl (C=O) groups is 1. The number of hydrogen-bond donors (Lipinski definition) is 0. The summed E-state index contributed by atoms with van der Waals surface area (Å²) < 4.78 is 24.7. The van der Waals surface area contributed by atoms with Crippen LogP contribution in [0.1, 0.15) is 24.8 Å². The van der Waals surface area contributed by atoms with Crippen molar-refractivity contribution in [1.29, 1.82) is 0 Å². The van der Waals surface area contributed by atoms with Gasteiger partial charge >= 0.3 is 0 Å². The molecule has 0 amide bonds. The van der Waals surface area contributed by atoms with E-state index in [0.29, 0.717) is 17.2 Å². The summed E-state index contributed by atoms with van der Waals surface area (Å²) in [5.74, 6) is 0.891. The van der Waals surface area contributed by atoms with Gasteiger partial charge in [0.15, 0.2) is 9.84 Å². The van der Waals surface area contributed by atoms with E-state index >= 15 is 0 Å². The topological polar surface area (TPSA) is 51.2 Å². The monoisotopic (exact) mass is 278 g/mol. The van der Waals surface area contributed by atoms with Crippen LogP contribution in [0.15, 0.2) is 29.2 Å². The van der Waals surface area contributed by atoms with Gasteiger partial charge in [-0.1, -0.05) is 17.7 Å². The lowest BCUT2D eigenvalue weighted by Gasteiger charge is -2.20. The molecule has 0 aromatic heterocycles. The Bertz CT molecular complexity index is 601. The van der Waals surface area contributed by atoms with Crippen LogP contribution < -0.4 is 0 Å². The average Bonchev–Trinajstić information content (AvgIpc) is 2.87. The molecule has 2 aliphatic carbocycles. The van der Waals surface area contributed by atoms with Crippen LogP contribution >= 0.6 is 0 Å². The van der Waals surface area contributed by atoms with Crippen molar-refractivity contribution in [3.8, 4) is 0 Å². The predicted molar refractivity (Wildman–Crippen MR) is 72.6 cm³/mol. The molecule has 1 aromatic carbocycles. The molecule has 0 spiro atoms. The lowest BCUT2D eigenvalue weighted by Crippen LogP contribution is -2.26. The molecule has 0 unspecified atom stereocenters. The Morgan fingerprint density at radius 1 is 1.16 bits per heavy atom. The van der Waals surface area contributed by atoms with Gasteiger partial charge in [0, 0.05) is 12.3 Å². The number of sulfone groups is 1. The third-order valence-corrected chi connectivity index (χ3v) is 6.37. The summed E-state index contributed by atoms with van der Waals surface area (Å²) >= 11 is 0. The Morgan fingerprint density at radius 3 is 2.42 bits per heavy atom. The van der Waals surface area contributed by atoms with Gasteiger partial charge in [0.2, 0.25) is 0 Å². The number of ketones is 1. The SMILES string of the molecule is Cc1ccc(S(=O)(=O)C[C@@H]2C[C@@H]3CC(=O)[C@H]2C3)cc1. The normalized spacial score (nSPS) is 29.9. The number of hydrogen-bond acceptors (Lipinski definition) is 3. The number of aryl methyl sites for hydroxylation is 1. The number of fused-ring (bicyclic) bond motifs is 2. The van der Waals surface area contributed by atoms with Gasteiger partial charge in [-0.15, -0.1) is 0 Å². The predicted octanol–water partition coefficient (Wildman–Crippen LogP) is 2.38. The molecular formula is C15H18O3S. The largest absolute Gasteiger partial charge is 0.299 e. The Balaban J connectivity index is 1.79. The quantitative estimate of drug-likeness (QED) is 0.853. The first-order chi connectivity index (χ1) is 8.95. The maximum atomic E-state index is 12.4. The van der Waals surface area contributed by atoms with Crippen LogP contribution in [0.25, 0.3) is 0 Å². The van der Waals surface area contributed by atoms with Gasteiger partial charge in [0.1, 0.15) is 5.78 Å². The average molecular weight is 278 g/mol. The highest BCUT2D eigenvalue weighted by molar-refractivity contribution is 7.91. The van der Waals surface area contributed by atoms with E-state index in [4.69, 9.17) is 0 Å². The second-order valence-corrected chi connectivity index (χ2v) is 8.00. The van der Waals surface area contributed by atoms with Crippen LogP contribution in [0.4, 0.5) is 0 Å². The second kappa shape index (κ2) is 4.44. The third kappa shape index (κ3) is 2.34. The van der Waals surface area contributed by atoms with Gasteiger partial charge in [-0.2, -0.15) is 0 Å². The first-order valence-electron chi connectivity index (χ1n) is 6.78. The molecule has 2 aliphatic rings. The zero-order valence-corrected chi connectivity index (χ0v) is 11.8. The minimum atomic E-state index is -3.26. The van der Waals surface area contributed by atoms with Gasteiger partial charge in [-0.3, -0.25) is 4.79 Å². The molecule has 3 rings (SSSR count). The summed E-state index contributed by atoms with van der Waals surface area (Å²) in [6.45, 7) is 1.94. The standard InChI is InChI=1S/C15H18O3S/c1-10-2-4-13(5-3-10)19(17,18)9-12-6-11-7-14(12)15(16)8-11/h2-5,11-12,14H,6-9H2,1H3/t11-,12-,14-/m0/s1. The Kier molecular flexibility index (Phi) is 3.01. The fourth-order valence-electron chi connectivity index (χ4n) is 3.54. The molecule has 0 heterocycles. The highest BCUT2D eigenvalue weighted by atomic mass is 32.2. The molecule has 102 valence electrons. The molecule has 2 bridgehead atoms. The molecule has 4 heteroatoms. The molecule has 2 saturated carbocycles. The first kappa shape index (κ1) is 12.9. The van der Waals surface area contributed by atoms with E-state index in [1.54, 1.807) is 12.1 Å². The highest BCUT2D eigenvalue weighted by Crippen LogP contribution is 2.46. The summed E-state index contributed by atoms with van der Waals surface area (Å²) in [5.41, 5.74) is 1.05. The molecule has 3 nitrogen and oxygen atoms in total. The third-order valence-electron chi connectivity index (χ3n) is 4.51. The summed E-state index contributed by atoms with van der Waals surface area (Å²) in [5, 5.41) is 0. The highest BCUT2D eigenvalue weighted by Gasteiger charge is 2.46. The Morgan fingerprint density at radius 2 is 1.84 bits per heavy atom. The summed E-state index contributed by atoms with van der Waals surface area (Å²) in [6.07, 6.45) is 2.49. The van der Waals surface area contributed by atoms with E-state index in [1.807, 2.05) is 19.1 Å². The van der Waals surface area contributed by atoms with Crippen LogP contribution in [0.2, 0.25) is 0 Å². The van der Waals surface area contributed by atoms with Crippen LogP contribution in [-0.4, -0.2) is 20.0 Å². The van der Waals surface area contributed by atoms with Crippen molar-refractivity contribution in [2.45, 2.75) is 31.1 Å². The van der Waals surface area contributed by atoms with Crippen LogP contribution in [0.3, 0.4) is 0 Å². The van der Waals surface area contributed by atoms with Crippen molar-refractivity contribution in [2.24, 2.45) is 17.8 Å². The van der Waals surface area contributed by atoms with Crippen LogP contribution in [0, 0.1) is 24.7 Å². The van der Waals surface area contributed by atoms with Crippen molar-refractivity contribution in [3.05, 3.63) is 29.8 Å². The number of Topliss-reactive ketones (excluding diaryl/α,β-unsaturated/α-hetero) is 1. The minimum absolute atomic E-state index is 0.00484. The smallest absolute Gasteiger partial charge is 0.178 e. The van der Waals surface area contributed by atoms with E-state index < -0.39 is 9.84 Å². The van der Waals surface area contributed by atoms with E-state index in [-0.39, 0.29) is 23.4 Å². The molecule has 0 radical (unpaired) electrons. The molecule has 2 fully saturated rings. The van der Waals surface area contributed by atoms with Gasteiger partial charge < -0.3 is 0 Å². The minimum Gasteiger partial charge on any atom is -0.299 e. The van der Waals surface area contributed by atoms with E-state index in [1.165, 1.54) is 0 Å². The Hall–Kier alpha value is -1.16. The zero-order valence-electron chi connectivity index (χ0n) is 11.0. The molecule has 19 heavy (non-hydrogen) atoms. The molecular weight excluding hydrogens is 260 g/mol. The van der Waals surface area contributed by atoms with Crippen LogP contribution in [0.5, 0.6) is 0 Å². The van der Waals surface area contributed by atoms with Gasteiger partial charge in [0.25, 0.3) is 0 Å². The molecule has 0 N–H and O–H groups in total. The second-order valence-electron chi connectivity index (χ2n) is 5.97. The number of carbonyl (C=O) groups excluding carboxylic acids is 1. The van der Waals surface area contributed by atoms with Crippen molar-refractivity contribution in [1.82, 2.24) is 0 Å². The summed E-state index contributed by atoms with van der Waals surface area (Å²) in [6, 6.07) is 6.97. The van der Waals surface area contributed by atoms with E-state index in [2.05, 4.69) is 0 Å². The van der Waals surface area contributed by atoms with Gasteiger partial charge in [-0.25, -0.2) is 8.42 Å². The van der Waals surface area contributed by atoms with Crippen molar-refractivity contribution >= 4 is 15.6 Å². The fraction of sp³-hybridized carbons (Fsp3) is 0.533. The van der Waals surface area contributed by atoms with Crippen molar-refractivity contribution < 1.29 is 13.2 Å². The Labute approximate surface area is 113 Å². The molecule has 1 aromatic rings. The van der Waals surface area contributed by atoms with E-state index in [0.717, 1.165) is 18.4 Å². The lowest BCUT2D eigenvalue weighted by molar-refractivity contribution is -0.122. The summed E-state index contributed by atoms with van der Waals surface area (Å²) in [4.78, 5) is 12.1. The van der Waals surface area contributed by atoms with Crippen molar-refractivity contribution in [3.63, 3.8) is 0 Å². The van der Waals surface area contributed by atoms with Crippen molar-refractivity contribution in [2.75, 3.05) is 5.75 Å². The number of rotatable bonds is 3. The maximum Gasteiger partial charge on any atom is 0.178 e. The van der Waals surface area contributed by atoms with Gasteiger partial charge in [-0.05, 0) is 43.7 Å². The molecule has 0 aliphatic heterocycles. The first-order valence-corrected chi connectivity index (χ1v) is 8.43. The van der Waals surface area contributed by atoms with E-state index in [9.17, 15) is 13.2 Å². The summed E-state index contributed by atoms with van der Waals surface area (Å²) in [7, 11) is -3.26. The lowest BCUT2D eigenvalue weighted by atomic mass is 9.89. The molecule has 3 atom stereocenters.